The standard InChI is InChI=1S/C26H23N3O3/c30-24(18-8-2-1-3-9-18)27-21-11-5-4-10-20(21)26(31)29-16-14-19(15-17-29)25-28-22-12-6-7-13-23(22)32-25/h1-13,19H,14-17H2,(H,27,30). The zero-order valence-corrected chi connectivity index (χ0v) is 17.5. The molecule has 3 aromatic carbocycles. The van der Waals surface area contributed by atoms with Gasteiger partial charge in [0.15, 0.2) is 11.5 Å². The number of para-hydroxylation sites is 3. The first kappa shape index (κ1) is 20.0. The molecule has 6 heteroatoms. The Labute approximate surface area is 185 Å². The lowest BCUT2D eigenvalue weighted by atomic mass is 9.96. The van der Waals surface area contributed by atoms with Crippen molar-refractivity contribution in [1.82, 2.24) is 9.88 Å². The van der Waals surface area contributed by atoms with E-state index in [9.17, 15) is 9.59 Å². The van der Waals surface area contributed by atoms with Crippen LogP contribution in [0, 0.1) is 0 Å². The number of nitrogens with one attached hydrogen (secondary N) is 1. The highest BCUT2D eigenvalue weighted by molar-refractivity contribution is 6.09. The Morgan fingerprint density at radius 2 is 1.56 bits per heavy atom. The number of nitrogens with zero attached hydrogens (tertiary/aromatic N) is 2. The third-order valence-corrected chi connectivity index (χ3v) is 5.88. The van der Waals surface area contributed by atoms with Gasteiger partial charge in [-0.2, -0.15) is 0 Å². The van der Waals surface area contributed by atoms with Gasteiger partial charge in [-0.25, -0.2) is 4.98 Å². The van der Waals surface area contributed by atoms with Gasteiger partial charge in [0, 0.05) is 24.6 Å². The Bertz CT molecular complexity index is 1220. The molecule has 0 atom stereocenters. The molecule has 0 aliphatic carbocycles. The number of amides is 2. The van der Waals surface area contributed by atoms with Gasteiger partial charge in [0.25, 0.3) is 11.8 Å². The Morgan fingerprint density at radius 3 is 2.34 bits per heavy atom. The lowest BCUT2D eigenvalue weighted by molar-refractivity contribution is 0.0708. The molecule has 0 unspecified atom stereocenters. The van der Waals surface area contributed by atoms with Crippen LogP contribution in [-0.2, 0) is 0 Å². The fourth-order valence-electron chi connectivity index (χ4n) is 4.13. The van der Waals surface area contributed by atoms with Gasteiger partial charge in [-0.3, -0.25) is 9.59 Å². The van der Waals surface area contributed by atoms with E-state index in [1.165, 1.54) is 0 Å². The average Bonchev–Trinajstić information content (AvgIpc) is 3.29. The van der Waals surface area contributed by atoms with Crippen LogP contribution < -0.4 is 5.32 Å². The van der Waals surface area contributed by atoms with Crippen molar-refractivity contribution in [1.29, 1.82) is 0 Å². The molecule has 1 fully saturated rings. The molecular weight excluding hydrogens is 402 g/mol. The lowest BCUT2D eigenvalue weighted by Crippen LogP contribution is -2.38. The molecular formula is C26H23N3O3. The van der Waals surface area contributed by atoms with Crippen LogP contribution in [0.4, 0.5) is 5.69 Å². The van der Waals surface area contributed by atoms with Gasteiger partial charge in [-0.15, -0.1) is 0 Å². The summed E-state index contributed by atoms with van der Waals surface area (Å²) in [6.07, 6.45) is 1.58. The third kappa shape index (κ3) is 3.99. The highest BCUT2D eigenvalue weighted by Crippen LogP contribution is 2.31. The summed E-state index contributed by atoms with van der Waals surface area (Å²) in [6.45, 7) is 1.23. The maximum Gasteiger partial charge on any atom is 0.255 e. The van der Waals surface area contributed by atoms with E-state index in [-0.39, 0.29) is 17.7 Å². The largest absolute Gasteiger partial charge is 0.440 e. The summed E-state index contributed by atoms with van der Waals surface area (Å²) in [5.41, 5.74) is 3.23. The minimum absolute atomic E-state index is 0.0787. The number of fused-ring (bicyclic) bond motifs is 1. The van der Waals surface area contributed by atoms with Crippen molar-refractivity contribution in [3.05, 3.63) is 95.9 Å². The van der Waals surface area contributed by atoms with Crippen molar-refractivity contribution in [2.75, 3.05) is 18.4 Å². The van der Waals surface area contributed by atoms with Gasteiger partial charge < -0.3 is 14.6 Å². The predicted octanol–water partition coefficient (Wildman–Crippen LogP) is 5.10. The fourth-order valence-corrected chi connectivity index (χ4v) is 4.13. The Morgan fingerprint density at radius 1 is 0.875 bits per heavy atom. The van der Waals surface area contributed by atoms with E-state index in [0.29, 0.717) is 29.9 Å². The number of carbonyl (C=O) groups excluding carboxylic acids is 2. The highest BCUT2D eigenvalue weighted by Gasteiger charge is 2.28. The number of likely N-dealkylation sites (tertiary alicyclic amines) is 1. The van der Waals surface area contributed by atoms with E-state index in [1.807, 2.05) is 59.5 Å². The Hall–Kier alpha value is -3.93. The normalized spacial score (nSPS) is 14.4. The molecule has 1 N–H and O–H groups in total. The molecule has 5 rings (SSSR count). The fraction of sp³-hybridized carbons (Fsp3) is 0.192. The maximum atomic E-state index is 13.3. The van der Waals surface area contributed by atoms with Gasteiger partial charge in [-0.05, 0) is 49.2 Å². The molecule has 1 aliphatic rings. The summed E-state index contributed by atoms with van der Waals surface area (Å²) in [4.78, 5) is 32.3. The first-order valence-corrected chi connectivity index (χ1v) is 10.8. The Kier molecular flexibility index (Phi) is 5.42. The van der Waals surface area contributed by atoms with Crippen LogP contribution in [0.5, 0.6) is 0 Å². The summed E-state index contributed by atoms with van der Waals surface area (Å²) >= 11 is 0. The number of piperidine rings is 1. The van der Waals surface area contributed by atoms with Gasteiger partial charge in [0.2, 0.25) is 0 Å². The van der Waals surface area contributed by atoms with E-state index >= 15 is 0 Å². The van der Waals surface area contributed by atoms with Gasteiger partial charge in [0.1, 0.15) is 5.52 Å². The first-order valence-electron chi connectivity index (χ1n) is 10.8. The molecule has 1 aromatic heterocycles. The molecule has 6 nitrogen and oxygen atoms in total. The van der Waals surface area contributed by atoms with Crippen LogP contribution in [0.1, 0.15) is 45.4 Å². The van der Waals surface area contributed by atoms with Crippen molar-refractivity contribution in [2.24, 2.45) is 0 Å². The zero-order chi connectivity index (χ0) is 21.9. The molecule has 2 amide bonds. The number of hydrogen-bond donors (Lipinski definition) is 1. The van der Waals surface area contributed by atoms with E-state index in [4.69, 9.17) is 4.42 Å². The maximum absolute atomic E-state index is 13.3. The predicted molar refractivity (Wildman–Crippen MR) is 123 cm³/mol. The molecule has 160 valence electrons. The van der Waals surface area contributed by atoms with Crippen molar-refractivity contribution >= 4 is 28.6 Å². The second kappa shape index (κ2) is 8.67. The minimum Gasteiger partial charge on any atom is -0.440 e. The van der Waals surface area contributed by atoms with Crippen LogP contribution in [-0.4, -0.2) is 34.8 Å². The van der Waals surface area contributed by atoms with Crippen molar-refractivity contribution in [3.63, 3.8) is 0 Å². The molecule has 0 radical (unpaired) electrons. The zero-order valence-electron chi connectivity index (χ0n) is 17.5. The van der Waals surface area contributed by atoms with Crippen LogP contribution >= 0.6 is 0 Å². The molecule has 0 spiro atoms. The molecule has 0 saturated carbocycles. The summed E-state index contributed by atoms with van der Waals surface area (Å²) in [5, 5.41) is 2.88. The Balaban J connectivity index is 1.28. The summed E-state index contributed by atoms with van der Waals surface area (Å²) < 4.78 is 5.93. The van der Waals surface area contributed by atoms with E-state index in [0.717, 1.165) is 29.8 Å². The van der Waals surface area contributed by atoms with Gasteiger partial charge >= 0.3 is 0 Å². The monoisotopic (exact) mass is 425 g/mol. The molecule has 1 saturated heterocycles. The molecule has 4 aromatic rings. The molecule has 2 heterocycles. The topological polar surface area (TPSA) is 75.4 Å². The highest BCUT2D eigenvalue weighted by atomic mass is 16.3. The number of anilines is 1. The smallest absolute Gasteiger partial charge is 0.255 e. The second-order valence-electron chi connectivity index (χ2n) is 7.95. The number of rotatable bonds is 4. The number of aromatic nitrogens is 1. The number of hydrogen-bond acceptors (Lipinski definition) is 4. The van der Waals surface area contributed by atoms with Crippen LogP contribution in [0.15, 0.2) is 83.3 Å². The van der Waals surface area contributed by atoms with Crippen LogP contribution in [0.25, 0.3) is 11.1 Å². The summed E-state index contributed by atoms with van der Waals surface area (Å²) in [5.74, 6) is 0.624. The minimum atomic E-state index is -0.236. The van der Waals surface area contributed by atoms with Crippen LogP contribution in [0.2, 0.25) is 0 Å². The van der Waals surface area contributed by atoms with Gasteiger partial charge in [0.05, 0.1) is 11.3 Å². The molecule has 32 heavy (non-hydrogen) atoms. The number of oxazole rings is 1. The summed E-state index contributed by atoms with van der Waals surface area (Å²) in [7, 11) is 0. The number of carbonyl (C=O) groups is 2. The van der Waals surface area contributed by atoms with E-state index in [2.05, 4.69) is 10.3 Å². The average molecular weight is 425 g/mol. The van der Waals surface area contributed by atoms with E-state index in [1.54, 1.807) is 24.3 Å². The third-order valence-electron chi connectivity index (χ3n) is 5.88. The van der Waals surface area contributed by atoms with Crippen molar-refractivity contribution in [2.45, 2.75) is 18.8 Å². The van der Waals surface area contributed by atoms with Crippen molar-refractivity contribution in [3.8, 4) is 0 Å². The van der Waals surface area contributed by atoms with Gasteiger partial charge in [-0.1, -0.05) is 42.5 Å². The first-order chi connectivity index (χ1) is 15.7. The number of benzene rings is 3. The van der Waals surface area contributed by atoms with E-state index < -0.39 is 0 Å². The summed E-state index contributed by atoms with van der Waals surface area (Å²) in [6, 6.07) is 23.9. The molecule has 1 aliphatic heterocycles. The lowest BCUT2D eigenvalue weighted by Gasteiger charge is -2.31. The molecule has 0 bridgehead atoms. The second-order valence-corrected chi connectivity index (χ2v) is 7.95. The van der Waals surface area contributed by atoms with Crippen molar-refractivity contribution < 1.29 is 14.0 Å². The SMILES string of the molecule is O=C(Nc1ccccc1C(=O)N1CCC(c2nc3ccccc3o2)CC1)c1ccccc1. The van der Waals surface area contributed by atoms with Crippen LogP contribution in [0.3, 0.4) is 0 Å². The quantitative estimate of drug-likeness (QED) is 0.494.